The van der Waals surface area contributed by atoms with Gasteiger partial charge in [-0.15, -0.1) is 0 Å². The molecule has 0 atom stereocenters. The van der Waals surface area contributed by atoms with Gasteiger partial charge in [0.25, 0.3) is 0 Å². The zero-order chi connectivity index (χ0) is 14.5. The molecule has 0 saturated heterocycles. The molecule has 0 amide bonds. The highest BCUT2D eigenvalue weighted by atomic mass is 15.2. The Bertz CT molecular complexity index is 549. The van der Waals surface area contributed by atoms with Crippen molar-refractivity contribution in [2.75, 3.05) is 4.90 Å². The van der Waals surface area contributed by atoms with Crippen LogP contribution in [0, 0.1) is 6.92 Å². The van der Waals surface area contributed by atoms with Crippen LogP contribution in [0.5, 0.6) is 0 Å². The fourth-order valence-electron chi connectivity index (χ4n) is 2.29. The molecular formula is C17H23N3. The number of aromatic nitrogens is 1. The second kappa shape index (κ2) is 6.53. The van der Waals surface area contributed by atoms with E-state index in [0.29, 0.717) is 12.6 Å². The van der Waals surface area contributed by atoms with Gasteiger partial charge in [-0.05, 0) is 44.0 Å². The van der Waals surface area contributed by atoms with Gasteiger partial charge in [0.1, 0.15) is 5.82 Å². The normalized spacial score (nSPS) is 10.8. The second-order valence-corrected chi connectivity index (χ2v) is 5.39. The summed E-state index contributed by atoms with van der Waals surface area (Å²) in [6, 6.07) is 15.0. The number of anilines is 1. The first kappa shape index (κ1) is 14.5. The lowest BCUT2D eigenvalue weighted by Crippen LogP contribution is -2.31. The first-order valence-corrected chi connectivity index (χ1v) is 7.08. The minimum Gasteiger partial charge on any atom is -0.350 e. The predicted octanol–water partition coefficient (Wildman–Crippen LogP) is 3.26. The highest BCUT2D eigenvalue weighted by Crippen LogP contribution is 2.20. The van der Waals surface area contributed by atoms with Crippen LogP contribution in [-0.4, -0.2) is 11.0 Å². The van der Waals surface area contributed by atoms with E-state index in [-0.39, 0.29) is 0 Å². The predicted molar refractivity (Wildman–Crippen MR) is 84.6 cm³/mol. The van der Waals surface area contributed by atoms with E-state index in [1.165, 1.54) is 5.56 Å². The highest BCUT2D eigenvalue weighted by molar-refractivity contribution is 5.44. The Hall–Kier alpha value is -1.87. The lowest BCUT2D eigenvalue weighted by Gasteiger charge is -2.28. The Morgan fingerprint density at radius 3 is 2.40 bits per heavy atom. The molecule has 3 nitrogen and oxygen atoms in total. The van der Waals surface area contributed by atoms with Gasteiger partial charge in [-0.2, -0.15) is 0 Å². The summed E-state index contributed by atoms with van der Waals surface area (Å²) in [5.41, 5.74) is 9.21. The number of aryl methyl sites for hydroxylation is 1. The number of pyridine rings is 1. The third kappa shape index (κ3) is 3.58. The zero-order valence-electron chi connectivity index (χ0n) is 12.5. The molecule has 0 saturated carbocycles. The van der Waals surface area contributed by atoms with Crippen LogP contribution in [0.4, 0.5) is 5.82 Å². The zero-order valence-corrected chi connectivity index (χ0v) is 12.5. The minimum atomic E-state index is 0.384. The van der Waals surface area contributed by atoms with Crippen LogP contribution < -0.4 is 10.6 Å². The molecule has 20 heavy (non-hydrogen) atoms. The summed E-state index contributed by atoms with van der Waals surface area (Å²) >= 11 is 0. The van der Waals surface area contributed by atoms with Gasteiger partial charge in [0.15, 0.2) is 0 Å². The van der Waals surface area contributed by atoms with Crippen LogP contribution in [0.25, 0.3) is 0 Å². The average molecular weight is 269 g/mol. The largest absolute Gasteiger partial charge is 0.350 e. The summed E-state index contributed by atoms with van der Waals surface area (Å²) in [6.45, 7) is 7.81. The van der Waals surface area contributed by atoms with Crippen molar-refractivity contribution in [1.29, 1.82) is 0 Å². The van der Waals surface area contributed by atoms with Crippen LogP contribution in [0.2, 0.25) is 0 Å². The first-order chi connectivity index (χ1) is 9.60. The molecule has 0 radical (unpaired) electrons. The monoisotopic (exact) mass is 269 g/mol. The SMILES string of the molecule is Cc1cc(CN)cc(N(Cc2ccccc2)C(C)C)n1. The van der Waals surface area contributed by atoms with E-state index in [9.17, 15) is 0 Å². The maximum absolute atomic E-state index is 5.77. The van der Waals surface area contributed by atoms with Gasteiger partial charge in [-0.1, -0.05) is 30.3 Å². The molecule has 0 spiro atoms. The smallest absolute Gasteiger partial charge is 0.129 e. The van der Waals surface area contributed by atoms with Crippen LogP contribution in [-0.2, 0) is 13.1 Å². The molecule has 1 aromatic heterocycles. The van der Waals surface area contributed by atoms with Gasteiger partial charge < -0.3 is 10.6 Å². The maximum atomic E-state index is 5.77. The lowest BCUT2D eigenvalue weighted by atomic mass is 10.1. The summed E-state index contributed by atoms with van der Waals surface area (Å²) < 4.78 is 0. The number of nitrogens with two attached hydrogens (primary N) is 1. The van der Waals surface area contributed by atoms with E-state index in [2.05, 4.69) is 54.1 Å². The van der Waals surface area contributed by atoms with Gasteiger partial charge in [0.2, 0.25) is 0 Å². The van der Waals surface area contributed by atoms with Crippen molar-refractivity contribution in [2.24, 2.45) is 5.73 Å². The molecule has 0 aliphatic heterocycles. The van der Waals surface area contributed by atoms with E-state index in [0.717, 1.165) is 23.6 Å². The Kier molecular flexibility index (Phi) is 4.74. The van der Waals surface area contributed by atoms with Crippen molar-refractivity contribution in [1.82, 2.24) is 4.98 Å². The van der Waals surface area contributed by atoms with Gasteiger partial charge in [-0.3, -0.25) is 0 Å². The van der Waals surface area contributed by atoms with Gasteiger partial charge >= 0.3 is 0 Å². The molecule has 1 heterocycles. The van der Waals surface area contributed by atoms with Gasteiger partial charge in [0.05, 0.1) is 0 Å². The number of hydrogen-bond acceptors (Lipinski definition) is 3. The molecule has 2 aromatic rings. The lowest BCUT2D eigenvalue weighted by molar-refractivity contribution is 0.670. The Labute approximate surface area is 121 Å². The fourth-order valence-corrected chi connectivity index (χ4v) is 2.29. The van der Waals surface area contributed by atoms with Gasteiger partial charge in [0, 0.05) is 24.8 Å². The number of rotatable bonds is 5. The third-order valence-electron chi connectivity index (χ3n) is 3.35. The quantitative estimate of drug-likeness (QED) is 0.906. The molecule has 0 fully saturated rings. The van der Waals surface area contributed by atoms with E-state index in [4.69, 9.17) is 5.73 Å². The summed E-state index contributed by atoms with van der Waals surface area (Å²) in [6.07, 6.45) is 0. The highest BCUT2D eigenvalue weighted by Gasteiger charge is 2.13. The van der Waals surface area contributed by atoms with Crippen molar-refractivity contribution in [3.8, 4) is 0 Å². The molecule has 1 aromatic carbocycles. The third-order valence-corrected chi connectivity index (χ3v) is 3.35. The fraction of sp³-hybridized carbons (Fsp3) is 0.353. The van der Waals surface area contributed by atoms with Crippen LogP contribution in [0.1, 0.15) is 30.7 Å². The minimum absolute atomic E-state index is 0.384. The van der Waals surface area contributed by atoms with E-state index < -0.39 is 0 Å². The number of hydrogen-bond donors (Lipinski definition) is 1. The topological polar surface area (TPSA) is 42.1 Å². The molecule has 0 unspecified atom stereocenters. The Morgan fingerprint density at radius 1 is 1.10 bits per heavy atom. The summed E-state index contributed by atoms with van der Waals surface area (Å²) in [4.78, 5) is 6.98. The van der Waals surface area contributed by atoms with Crippen molar-refractivity contribution < 1.29 is 0 Å². The Morgan fingerprint density at radius 2 is 1.80 bits per heavy atom. The van der Waals surface area contributed by atoms with E-state index in [1.807, 2.05) is 19.1 Å². The summed E-state index contributed by atoms with van der Waals surface area (Å²) in [5.74, 6) is 1.00. The summed E-state index contributed by atoms with van der Waals surface area (Å²) in [7, 11) is 0. The van der Waals surface area contributed by atoms with Crippen LogP contribution >= 0.6 is 0 Å². The van der Waals surface area contributed by atoms with E-state index >= 15 is 0 Å². The van der Waals surface area contributed by atoms with Crippen molar-refractivity contribution in [3.63, 3.8) is 0 Å². The van der Waals surface area contributed by atoms with Crippen molar-refractivity contribution in [2.45, 2.75) is 39.9 Å². The number of nitrogens with zero attached hydrogens (tertiary/aromatic N) is 2. The molecule has 106 valence electrons. The molecule has 3 heteroatoms. The van der Waals surface area contributed by atoms with E-state index in [1.54, 1.807) is 0 Å². The molecule has 0 aliphatic carbocycles. The number of benzene rings is 1. The second-order valence-electron chi connectivity index (χ2n) is 5.39. The van der Waals surface area contributed by atoms with Crippen LogP contribution in [0.3, 0.4) is 0 Å². The Balaban J connectivity index is 2.31. The van der Waals surface area contributed by atoms with Gasteiger partial charge in [-0.25, -0.2) is 4.98 Å². The average Bonchev–Trinajstić information content (AvgIpc) is 2.44. The molecule has 0 bridgehead atoms. The molecule has 2 N–H and O–H groups in total. The molecular weight excluding hydrogens is 246 g/mol. The maximum Gasteiger partial charge on any atom is 0.129 e. The van der Waals surface area contributed by atoms with Crippen molar-refractivity contribution >= 4 is 5.82 Å². The standard InChI is InChI=1S/C17H23N3/c1-13(2)20(12-15-7-5-4-6-8-15)17-10-16(11-18)9-14(3)19-17/h4-10,13H,11-12,18H2,1-3H3. The van der Waals surface area contributed by atoms with Crippen LogP contribution in [0.15, 0.2) is 42.5 Å². The summed E-state index contributed by atoms with van der Waals surface area (Å²) in [5, 5.41) is 0. The van der Waals surface area contributed by atoms with Crippen molar-refractivity contribution in [3.05, 3.63) is 59.3 Å². The first-order valence-electron chi connectivity index (χ1n) is 7.08. The molecule has 0 aliphatic rings. The molecule has 2 rings (SSSR count).